The number of nitrogens with two attached hydrogens (primary N) is 2. The molecule has 0 atom stereocenters. The van der Waals surface area contributed by atoms with Crippen molar-refractivity contribution in [1.29, 1.82) is 0 Å². The van der Waals surface area contributed by atoms with Crippen LogP contribution in [0.15, 0.2) is 76.0 Å². The molecule has 0 aliphatic heterocycles. The summed E-state index contributed by atoms with van der Waals surface area (Å²) in [5.74, 6) is -0.765. The molecule has 164 valence electrons. The maximum absolute atomic E-state index is 14.2. The van der Waals surface area contributed by atoms with Gasteiger partial charge in [-0.25, -0.2) is 36.5 Å². The molecule has 3 rings (SSSR count). The van der Waals surface area contributed by atoms with E-state index in [4.69, 9.17) is 10.3 Å². The number of sulfonamides is 2. The van der Waals surface area contributed by atoms with Gasteiger partial charge in [-0.15, -0.1) is 0 Å². The van der Waals surface area contributed by atoms with Crippen LogP contribution >= 0.6 is 0 Å². The molecule has 13 heteroatoms. The van der Waals surface area contributed by atoms with Gasteiger partial charge in [0.25, 0.3) is 0 Å². The van der Waals surface area contributed by atoms with Crippen LogP contribution in [0.4, 0.5) is 16.2 Å². The number of aromatic nitrogens is 2. The number of nitrogens with zero attached hydrogens (tertiary/aromatic N) is 2. The van der Waals surface area contributed by atoms with Crippen LogP contribution in [-0.4, -0.2) is 26.8 Å². The van der Waals surface area contributed by atoms with Gasteiger partial charge in [0, 0.05) is 35.1 Å². The van der Waals surface area contributed by atoms with Gasteiger partial charge in [-0.1, -0.05) is 24.3 Å². The van der Waals surface area contributed by atoms with Crippen molar-refractivity contribution in [2.24, 2.45) is 10.3 Å². The van der Waals surface area contributed by atoms with E-state index in [2.05, 4.69) is 20.6 Å². The zero-order chi connectivity index (χ0) is 22.6. The predicted molar refractivity (Wildman–Crippen MR) is 115 cm³/mol. The van der Waals surface area contributed by atoms with Crippen molar-refractivity contribution in [3.63, 3.8) is 0 Å². The Bertz CT molecular complexity index is 1290. The van der Waals surface area contributed by atoms with Crippen molar-refractivity contribution in [2.45, 2.75) is 12.8 Å². The van der Waals surface area contributed by atoms with E-state index in [0.717, 1.165) is 17.0 Å². The van der Waals surface area contributed by atoms with Crippen LogP contribution in [0.5, 0.6) is 0 Å². The molecular weight excluding hydrogens is 447 g/mol. The van der Waals surface area contributed by atoms with E-state index in [1.807, 2.05) is 0 Å². The minimum atomic E-state index is -3.81. The summed E-state index contributed by atoms with van der Waals surface area (Å²) in [6.07, 6.45) is 11.1. The molecule has 0 amide bonds. The van der Waals surface area contributed by atoms with E-state index >= 15 is 0 Å². The molecule has 2 aliphatic rings. The van der Waals surface area contributed by atoms with Gasteiger partial charge in [0.15, 0.2) is 11.6 Å². The summed E-state index contributed by atoms with van der Waals surface area (Å²) in [6.45, 7) is 0. The molecule has 0 bridgehead atoms. The Morgan fingerprint density at radius 3 is 1.94 bits per heavy atom. The number of hydrogen-bond acceptors (Lipinski definition) is 8. The van der Waals surface area contributed by atoms with E-state index in [0.29, 0.717) is 22.5 Å². The van der Waals surface area contributed by atoms with Gasteiger partial charge in [-0.05, 0) is 23.3 Å². The molecule has 0 spiro atoms. The Morgan fingerprint density at radius 1 is 0.903 bits per heavy atom. The lowest BCUT2D eigenvalue weighted by molar-refractivity contribution is 0.604. The van der Waals surface area contributed by atoms with Gasteiger partial charge in [-0.3, -0.25) is 0 Å². The minimum Gasteiger partial charge on any atom is -0.341 e. The molecule has 0 unspecified atom stereocenters. The number of primary sulfonamides is 2. The largest absolute Gasteiger partial charge is 0.341 e. The molecule has 0 fully saturated rings. The molecule has 0 saturated carbocycles. The molecule has 1 aromatic rings. The van der Waals surface area contributed by atoms with Crippen LogP contribution < -0.4 is 20.9 Å². The average Bonchev–Trinajstić information content (AvgIpc) is 2.62. The molecule has 1 heterocycles. The van der Waals surface area contributed by atoms with Gasteiger partial charge in [0.2, 0.25) is 26.0 Å². The normalized spacial score (nSPS) is 19.3. The van der Waals surface area contributed by atoms with E-state index in [9.17, 15) is 21.2 Å². The van der Waals surface area contributed by atoms with Gasteiger partial charge < -0.3 is 10.6 Å². The molecular formula is C18H19FN6O4S2. The SMILES string of the molecule is NS(=O)(=O)/C=C1\C=CC=C(Nc2ncc(F)c(NC3=CC=C/C(=C\S(N)(=O)=O)C3)n2)C1. The van der Waals surface area contributed by atoms with Crippen molar-refractivity contribution in [2.75, 3.05) is 10.6 Å². The number of halogens is 1. The van der Waals surface area contributed by atoms with Gasteiger partial charge in [0.1, 0.15) is 0 Å². The third-order valence-corrected chi connectivity index (χ3v) is 5.19. The number of nitrogens with one attached hydrogen (secondary N) is 2. The summed E-state index contributed by atoms with van der Waals surface area (Å²) >= 11 is 0. The summed E-state index contributed by atoms with van der Waals surface area (Å²) in [5, 5.41) is 17.6. The number of anilines is 2. The molecule has 0 aromatic carbocycles. The van der Waals surface area contributed by atoms with Crippen molar-refractivity contribution >= 4 is 31.8 Å². The highest BCUT2D eigenvalue weighted by Gasteiger charge is 2.14. The minimum absolute atomic E-state index is 0.0765. The summed E-state index contributed by atoms with van der Waals surface area (Å²) in [5.41, 5.74) is 1.96. The van der Waals surface area contributed by atoms with Crippen LogP contribution in [0, 0.1) is 5.82 Å². The summed E-state index contributed by atoms with van der Waals surface area (Å²) in [4.78, 5) is 7.98. The molecule has 31 heavy (non-hydrogen) atoms. The van der Waals surface area contributed by atoms with Crippen LogP contribution in [0.2, 0.25) is 0 Å². The fraction of sp³-hybridized carbons (Fsp3) is 0.111. The lowest BCUT2D eigenvalue weighted by Gasteiger charge is -2.16. The first-order chi connectivity index (χ1) is 14.5. The average molecular weight is 467 g/mol. The Kier molecular flexibility index (Phi) is 6.50. The van der Waals surface area contributed by atoms with E-state index in [1.165, 1.54) is 0 Å². The molecule has 0 radical (unpaired) electrons. The quantitative estimate of drug-likeness (QED) is 0.488. The van der Waals surface area contributed by atoms with Crippen molar-refractivity contribution < 1.29 is 21.2 Å². The van der Waals surface area contributed by atoms with Gasteiger partial charge >= 0.3 is 0 Å². The predicted octanol–water partition coefficient (Wildman–Crippen LogP) is 1.47. The van der Waals surface area contributed by atoms with Crippen LogP contribution in [0.1, 0.15) is 12.8 Å². The Morgan fingerprint density at radius 2 is 1.42 bits per heavy atom. The smallest absolute Gasteiger partial charge is 0.231 e. The Balaban J connectivity index is 1.74. The maximum atomic E-state index is 14.2. The Labute approximate surface area is 178 Å². The zero-order valence-electron chi connectivity index (χ0n) is 16.0. The molecule has 10 nitrogen and oxygen atoms in total. The van der Waals surface area contributed by atoms with E-state index in [-0.39, 0.29) is 24.6 Å². The van der Waals surface area contributed by atoms with Gasteiger partial charge in [0.05, 0.1) is 6.20 Å². The van der Waals surface area contributed by atoms with Crippen LogP contribution in [-0.2, 0) is 20.0 Å². The fourth-order valence-electron chi connectivity index (χ4n) is 2.82. The summed E-state index contributed by atoms with van der Waals surface area (Å²) < 4.78 is 59.2. The van der Waals surface area contributed by atoms with Gasteiger partial charge in [-0.2, -0.15) is 4.98 Å². The second-order valence-electron chi connectivity index (χ2n) is 6.66. The molecule has 1 aromatic heterocycles. The highest BCUT2D eigenvalue weighted by Crippen LogP contribution is 2.24. The number of allylic oxidation sites excluding steroid dienone is 8. The monoisotopic (exact) mass is 466 g/mol. The fourth-order valence-corrected chi connectivity index (χ4v) is 3.99. The van der Waals surface area contributed by atoms with Crippen molar-refractivity contribution in [3.05, 3.63) is 81.8 Å². The summed E-state index contributed by atoms with van der Waals surface area (Å²) in [7, 11) is -7.59. The van der Waals surface area contributed by atoms with Crippen LogP contribution in [0.3, 0.4) is 0 Å². The molecule has 6 N–H and O–H groups in total. The van der Waals surface area contributed by atoms with Crippen LogP contribution in [0.25, 0.3) is 0 Å². The third kappa shape index (κ3) is 7.25. The zero-order valence-corrected chi connectivity index (χ0v) is 17.6. The van der Waals surface area contributed by atoms with E-state index < -0.39 is 25.9 Å². The first-order valence-corrected chi connectivity index (χ1v) is 12.0. The van der Waals surface area contributed by atoms with Crippen molar-refractivity contribution in [3.8, 4) is 0 Å². The highest BCUT2D eigenvalue weighted by atomic mass is 32.2. The topological polar surface area (TPSA) is 170 Å². The van der Waals surface area contributed by atoms with E-state index in [1.54, 1.807) is 36.5 Å². The number of hydrogen-bond donors (Lipinski definition) is 4. The standard InChI is InChI=1S/C18H19FN6O4S2/c19-16-9-22-18(24-15-6-2-4-13(8-15)11-31(21,28)29)25-17(16)23-14-5-1-3-12(7-14)10-30(20,26)27/h1-6,9-11H,7-8H2,(H2,20,26,27)(H2,21,28,29)(H2,22,23,24,25)/b12-10+,13-11+. The maximum Gasteiger partial charge on any atom is 0.231 e. The first-order valence-electron chi connectivity index (χ1n) is 8.75. The molecule has 2 aliphatic carbocycles. The summed E-state index contributed by atoms with van der Waals surface area (Å²) in [6, 6.07) is 0. The second-order valence-corrected chi connectivity index (χ2v) is 9.49. The second kappa shape index (κ2) is 8.93. The Hall–Kier alpha value is -3.13. The van der Waals surface area contributed by atoms with Crippen molar-refractivity contribution in [1.82, 2.24) is 9.97 Å². The first kappa shape index (κ1) is 22.6. The third-order valence-electron chi connectivity index (χ3n) is 3.93. The highest BCUT2D eigenvalue weighted by molar-refractivity contribution is 7.92. The number of rotatable bonds is 6. The molecule has 0 saturated heterocycles. The lowest BCUT2D eigenvalue weighted by atomic mass is 10.1. The lowest BCUT2D eigenvalue weighted by Crippen LogP contribution is -2.12.